The summed E-state index contributed by atoms with van der Waals surface area (Å²) in [6, 6.07) is 9.43. The van der Waals surface area contributed by atoms with Gasteiger partial charge in [-0.2, -0.15) is 0 Å². The van der Waals surface area contributed by atoms with Gasteiger partial charge in [0.15, 0.2) is 0 Å². The molecule has 3 heteroatoms. The molecule has 1 unspecified atom stereocenters. The maximum atomic E-state index is 5.58. The lowest BCUT2D eigenvalue weighted by molar-refractivity contribution is -0.0212. The third-order valence-electron chi connectivity index (χ3n) is 3.44. The van der Waals surface area contributed by atoms with Crippen LogP contribution >= 0.6 is 0 Å². The molecule has 0 amide bonds. The van der Waals surface area contributed by atoms with Gasteiger partial charge in [0.25, 0.3) is 0 Å². The van der Waals surface area contributed by atoms with E-state index in [1.54, 1.807) is 0 Å². The number of hydrogen-bond acceptors (Lipinski definition) is 3. The van der Waals surface area contributed by atoms with Crippen LogP contribution in [-0.4, -0.2) is 36.7 Å². The Bertz CT molecular complexity index is 392. The molecule has 1 saturated heterocycles. The first-order valence-corrected chi connectivity index (χ1v) is 7.28. The van der Waals surface area contributed by atoms with Crippen molar-refractivity contribution in [2.45, 2.75) is 46.0 Å². The Labute approximate surface area is 116 Å². The molecule has 3 nitrogen and oxygen atoms in total. The molecule has 1 aliphatic heterocycles. The van der Waals surface area contributed by atoms with Crippen LogP contribution in [0.25, 0.3) is 0 Å². The summed E-state index contributed by atoms with van der Waals surface area (Å²) < 4.78 is 5.58. The SMILES string of the molecule is CC(C)NCc1cccc(CN2CCOC(C)C2)c1. The molecule has 106 valence electrons. The second-order valence-electron chi connectivity index (χ2n) is 5.77. The summed E-state index contributed by atoms with van der Waals surface area (Å²) >= 11 is 0. The molecule has 0 aromatic heterocycles. The normalized spacial score (nSPS) is 20.9. The molecule has 1 fully saturated rings. The zero-order valence-corrected chi connectivity index (χ0v) is 12.4. The molecule has 1 aromatic carbocycles. The van der Waals surface area contributed by atoms with Gasteiger partial charge in [-0.3, -0.25) is 4.90 Å². The van der Waals surface area contributed by atoms with E-state index >= 15 is 0 Å². The number of benzene rings is 1. The smallest absolute Gasteiger partial charge is 0.0674 e. The van der Waals surface area contributed by atoms with Crippen molar-refractivity contribution in [1.29, 1.82) is 0 Å². The van der Waals surface area contributed by atoms with E-state index in [0.717, 1.165) is 32.8 Å². The molecule has 0 bridgehead atoms. The van der Waals surface area contributed by atoms with Crippen LogP contribution in [0.15, 0.2) is 24.3 Å². The molecule has 0 aliphatic carbocycles. The molecule has 1 N–H and O–H groups in total. The Morgan fingerprint density at radius 1 is 1.37 bits per heavy atom. The van der Waals surface area contributed by atoms with Gasteiger partial charge in [0, 0.05) is 32.2 Å². The first kappa shape index (κ1) is 14.5. The van der Waals surface area contributed by atoms with Gasteiger partial charge in [-0.1, -0.05) is 38.1 Å². The molecule has 1 heterocycles. The predicted octanol–water partition coefficient (Wildman–Crippen LogP) is 2.41. The monoisotopic (exact) mass is 262 g/mol. The van der Waals surface area contributed by atoms with Crippen LogP contribution < -0.4 is 5.32 Å². The molecule has 0 saturated carbocycles. The lowest BCUT2D eigenvalue weighted by Gasteiger charge is -2.31. The number of ether oxygens (including phenoxy) is 1. The van der Waals surface area contributed by atoms with Crippen LogP contribution in [0, 0.1) is 0 Å². The summed E-state index contributed by atoms with van der Waals surface area (Å²) in [5.41, 5.74) is 2.77. The minimum absolute atomic E-state index is 0.361. The van der Waals surface area contributed by atoms with Gasteiger partial charge in [-0.15, -0.1) is 0 Å². The van der Waals surface area contributed by atoms with Gasteiger partial charge in [0.05, 0.1) is 12.7 Å². The van der Waals surface area contributed by atoms with Crippen LogP contribution in [0.2, 0.25) is 0 Å². The maximum absolute atomic E-state index is 5.58. The van der Waals surface area contributed by atoms with E-state index in [-0.39, 0.29) is 0 Å². The summed E-state index contributed by atoms with van der Waals surface area (Å²) in [6.45, 7) is 11.4. The highest BCUT2D eigenvalue weighted by Crippen LogP contribution is 2.12. The highest BCUT2D eigenvalue weighted by Gasteiger charge is 2.16. The minimum atomic E-state index is 0.361. The summed E-state index contributed by atoms with van der Waals surface area (Å²) in [7, 11) is 0. The third kappa shape index (κ3) is 4.94. The first-order valence-electron chi connectivity index (χ1n) is 7.28. The lowest BCUT2D eigenvalue weighted by Crippen LogP contribution is -2.40. The van der Waals surface area contributed by atoms with Crippen molar-refractivity contribution in [2.75, 3.05) is 19.7 Å². The molecule has 0 spiro atoms. The summed E-state index contributed by atoms with van der Waals surface area (Å²) in [5, 5.41) is 3.47. The molecule has 2 rings (SSSR count). The van der Waals surface area contributed by atoms with Gasteiger partial charge in [-0.05, 0) is 18.1 Å². The van der Waals surface area contributed by atoms with E-state index in [0.29, 0.717) is 12.1 Å². The van der Waals surface area contributed by atoms with E-state index in [9.17, 15) is 0 Å². The van der Waals surface area contributed by atoms with Gasteiger partial charge >= 0.3 is 0 Å². The number of nitrogens with one attached hydrogen (secondary N) is 1. The molecule has 1 aromatic rings. The van der Waals surface area contributed by atoms with E-state index in [1.165, 1.54) is 11.1 Å². The fraction of sp³-hybridized carbons (Fsp3) is 0.625. The van der Waals surface area contributed by atoms with E-state index in [2.05, 4.69) is 55.3 Å². The average Bonchev–Trinajstić information content (AvgIpc) is 2.37. The number of nitrogens with zero attached hydrogens (tertiary/aromatic N) is 1. The third-order valence-corrected chi connectivity index (χ3v) is 3.44. The zero-order valence-electron chi connectivity index (χ0n) is 12.4. The Balaban J connectivity index is 1.90. The molecule has 0 radical (unpaired) electrons. The van der Waals surface area contributed by atoms with Crippen molar-refractivity contribution in [1.82, 2.24) is 10.2 Å². The Morgan fingerprint density at radius 3 is 2.89 bits per heavy atom. The quantitative estimate of drug-likeness (QED) is 0.882. The standard InChI is InChI=1S/C16H26N2O/c1-13(2)17-10-15-5-4-6-16(9-15)12-18-7-8-19-14(3)11-18/h4-6,9,13-14,17H,7-8,10-12H2,1-3H3. The van der Waals surface area contributed by atoms with Crippen molar-refractivity contribution in [3.63, 3.8) is 0 Å². The molecule has 1 aliphatic rings. The zero-order chi connectivity index (χ0) is 13.7. The maximum Gasteiger partial charge on any atom is 0.0674 e. The van der Waals surface area contributed by atoms with Gasteiger partial charge in [0.2, 0.25) is 0 Å². The number of morpholine rings is 1. The van der Waals surface area contributed by atoms with Gasteiger partial charge in [0.1, 0.15) is 0 Å². The van der Waals surface area contributed by atoms with Crippen molar-refractivity contribution < 1.29 is 4.74 Å². The van der Waals surface area contributed by atoms with E-state index in [1.807, 2.05) is 0 Å². The topological polar surface area (TPSA) is 24.5 Å². The fourth-order valence-electron chi connectivity index (χ4n) is 2.45. The van der Waals surface area contributed by atoms with Crippen LogP contribution in [0.4, 0.5) is 0 Å². The molecular formula is C16H26N2O. The Hall–Kier alpha value is -0.900. The average molecular weight is 262 g/mol. The van der Waals surface area contributed by atoms with E-state index < -0.39 is 0 Å². The number of rotatable bonds is 5. The first-order chi connectivity index (χ1) is 9.13. The molecular weight excluding hydrogens is 236 g/mol. The Morgan fingerprint density at radius 2 is 2.16 bits per heavy atom. The largest absolute Gasteiger partial charge is 0.376 e. The second kappa shape index (κ2) is 7.04. The lowest BCUT2D eigenvalue weighted by atomic mass is 10.1. The summed E-state index contributed by atoms with van der Waals surface area (Å²) in [6.07, 6.45) is 0.361. The molecule has 19 heavy (non-hydrogen) atoms. The van der Waals surface area contributed by atoms with Gasteiger partial charge in [-0.25, -0.2) is 0 Å². The summed E-state index contributed by atoms with van der Waals surface area (Å²) in [5.74, 6) is 0. The van der Waals surface area contributed by atoms with Gasteiger partial charge < -0.3 is 10.1 Å². The van der Waals surface area contributed by atoms with Crippen molar-refractivity contribution in [2.24, 2.45) is 0 Å². The van der Waals surface area contributed by atoms with E-state index in [4.69, 9.17) is 4.74 Å². The van der Waals surface area contributed by atoms with Crippen LogP contribution in [0.3, 0.4) is 0 Å². The second-order valence-corrected chi connectivity index (χ2v) is 5.77. The Kier molecular flexibility index (Phi) is 5.37. The van der Waals surface area contributed by atoms with Crippen molar-refractivity contribution in [3.8, 4) is 0 Å². The molecule has 1 atom stereocenters. The summed E-state index contributed by atoms with van der Waals surface area (Å²) in [4.78, 5) is 2.48. The minimum Gasteiger partial charge on any atom is -0.376 e. The van der Waals surface area contributed by atoms with Crippen LogP contribution in [0.5, 0.6) is 0 Å². The highest BCUT2D eigenvalue weighted by atomic mass is 16.5. The van der Waals surface area contributed by atoms with Crippen LogP contribution in [0.1, 0.15) is 31.9 Å². The predicted molar refractivity (Wildman–Crippen MR) is 79.1 cm³/mol. The fourth-order valence-corrected chi connectivity index (χ4v) is 2.45. The van der Waals surface area contributed by atoms with Crippen molar-refractivity contribution >= 4 is 0 Å². The highest BCUT2D eigenvalue weighted by molar-refractivity contribution is 5.23. The van der Waals surface area contributed by atoms with Crippen molar-refractivity contribution in [3.05, 3.63) is 35.4 Å². The number of hydrogen-bond donors (Lipinski definition) is 1. The van der Waals surface area contributed by atoms with Crippen LogP contribution in [-0.2, 0) is 17.8 Å².